The van der Waals surface area contributed by atoms with Crippen LogP contribution in [0.15, 0.2) is 29.2 Å². The lowest BCUT2D eigenvalue weighted by molar-refractivity contribution is -0.161. The number of methoxy groups -OCH3 is 1. The van der Waals surface area contributed by atoms with Crippen LogP contribution < -0.4 is 5.56 Å². The molecule has 0 fully saturated rings. The molecule has 5 heteroatoms. The Kier molecular flexibility index (Phi) is 3.26. The zero-order chi connectivity index (χ0) is 11.5. The van der Waals surface area contributed by atoms with Crippen molar-refractivity contribution in [2.45, 2.75) is 19.1 Å². The second kappa shape index (κ2) is 4.27. The van der Waals surface area contributed by atoms with E-state index in [0.29, 0.717) is 0 Å². The van der Waals surface area contributed by atoms with E-state index in [1.807, 2.05) is 0 Å². The van der Waals surface area contributed by atoms with Crippen molar-refractivity contribution in [1.82, 2.24) is 4.57 Å². The lowest BCUT2D eigenvalue weighted by atomic mass is 10.1. The fourth-order valence-electron chi connectivity index (χ4n) is 1.21. The smallest absolute Gasteiger partial charge is 0.339 e. The predicted octanol–water partition coefficient (Wildman–Crippen LogP) is -0.228. The first kappa shape index (κ1) is 11.5. The summed E-state index contributed by atoms with van der Waals surface area (Å²) in [7, 11) is 1.19. The van der Waals surface area contributed by atoms with Crippen molar-refractivity contribution >= 4 is 5.97 Å². The Hall–Kier alpha value is -1.62. The number of nitrogens with zero attached hydrogens (tertiary/aromatic N) is 1. The Bertz CT molecular complexity index is 408. The van der Waals surface area contributed by atoms with Crippen LogP contribution in [0.1, 0.15) is 6.92 Å². The molecule has 1 unspecified atom stereocenters. The van der Waals surface area contributed by atoms with Crippen LogP contribution in [0, 0.1) is 0 Å². The Labute approximate surface area is 86.9 Å². The van der Waals surface area contributed by atoms with Gasteiger partial charge < -0.3 is 14.4 Å². The van der Waals surface area contributed by atoms with Gasteiger partial charge in [0, 0.05) is 12.3 Å². The molecule has 5 nitrogen and oxygen atoms in total. The lowest BCUT2D eigenvalue weighted by Crippen LogP contribution is -2.42. The van der Waals surface area contributed by atoms with E-state index >= 15 is 0 Å². The van der Waals surface area contributed by atoms with Crippen molar-refractivity contribution in [3.05, 3.63) is 34.7 Å². The first-order valence-electron chi connectivity index (χ1n) is 4.43. The minimum atomic E-state index is -1.69. The van der Waals surface area contributed by atoms with E-state index < -0.39 is 11.6 Å². The van der Waals surface area contributed by atoms with Gasteiger partial charge in [-0.15, -0.1) is 0 Å². The van der Waals surface area contributed by atoms with E-state index in [0.717, 1.165) is 0 Å². The summed E-state index contributed by atoms with van der Waals surface area (Å²) in [6.07, 6.45) is 1.50. The van der Waals surface area contributed by atoms with Crippen molar-refractivity contribution in [2.75, 3.05) is 7.11 Å². The summed E-state index contributed by atoms with van der Waals surface area (Å²) in [5, 5.41) is 9.73. The molecule has 0 saturated carbocycles. The molecule has 0 aliphatic rings. The number of pyridine rings is 1. The molecule has 0 saturated heterocycles. The maximum absolute atomic E-state index is 11.3. The summed E-state index contributed by atoms with van der Waals surface area (Å²) in [5.41, 5.74) is -1.97. The van der Waals surface area contributed by atoms with Gasteiger partial charge in [-0.1, -0.05) is 6.07 Å². The molecule has 0 bridgehead atoms. The minimum absolute atomic E-state index is 0.126. The second-order valence-electron chi connectivity index (χ2n) is 3.43. The van der Waals surface area contributed by atoms with E-state index in [-0.39, 0.29) is 12.1 Å². The van der Waals surface area contributed by atoms with Crippen LogP contribution in [0.3, 0.4) is 0 Å². The Morgan fingerprint density at radius 3 is 2.80 bits per heavy atom. The predicted molar refractivity (Wildman–Crippen MR) is 53.3 cm³/mol. The standard InChI is InChI=1S/C10H13NO4/c1-10(14,9(13)15-2)7-11-6-4-3-5-8(11)12/h3-6,14H,7H2,1-2H3. The summed E-state index contributed by atoms with van der Waals surface area (Å²) in [4.78, 5) is 22.5. The summed E-state index contributed by atoms with van der Waals surface area (Å²) < 4.78 is 5.67. The molecule has 82 valence electrons. The molecule has 0 aliphatic heterocycles. The van der Waals surface area contributed by atoms with Crippen LogP contribution >= 0.6 is 0 Å². The molecular weight excluding hydrogens is 198 g/mol. The molecule has 0 aliphatic carbocycles. The number of ether oxygens (including phenoxy) is 1. The van der Waals surface area contributed by atoms with Crippen LogP contribution in [0.5, 0.6) is 0 Å². The number of rotatable bonds is 3. The zero-order valence-electron chi connectivity index (χ0n) is 8.64. The van der Waals surface area contributed by atoms with E-state index in [1.54, 1.807) is 12.1 Å². The number of carbonyl (C=O) groups excluding carboxylic acids is 1. The SMILES string of the molecule is COC(=O)C(C)(O)Cn1ccccc1=O. The molecule has 1 heterocycles. The fourth-order valence-corrected chi connectivity index (χ4v) is 1.21. The molecule has 0 radical (unpaired) electrons. The van der Waals surface area contributed by atoms with Gasteiger partial charge >= 0.3 is 5.97 Å². The van der Waals surface area contributed by atoms with Crippen molar-refractivity contribution < 1.29 is 14.6 Å². The molecule has 1 atom stereocenters. The third-order valence-electron chi connectivity index (χ3n) is 2.00. The van der Waals surface area contributed by atoms with Crippen molar-refractivity contribution in [2.24, 2.45) is 0 Å². The highest BCUT2D eigenvalue weighted by molar-refractivity contribution is 5.78. The number of hydrogen-bond donors (Lipinski definition) is 1. The molecule has 0 aromatic carbocycles. The number of carbonyl (C=O) groups is 1. The molecule has 1 rings (SSSR count). The summed E-state index contributed by atoms with van der Waals surface area (Å²) in [6, 6.07) is 4.59. The second-order valence-corrected chi connectivity index (χ2v) is 3.43. The van der Waals surface area contributed by atoms with Gasteiger partial charge in [-0.05, 0) is 13.0 Å². The molecule has 15 heavy (non-hydrogen) atoms. The van der Waals surface area contributed by atoms with Gasteiger partial charge in [0.15, 0.2) is 5.60 Å². The highest BCUT2D eigenvalue weighted by atomic mass is 16.5. The molecule has 1 aromatic heterocycles. The average molecular weight is 211 g/mol. The van der Waals surface area contributed by atoms with Crippen LogP contribution in [0.2, 0.25) is 0 Å². The Balaban J connectivity index is 2.91. The average Bonchev–Trinajstić information content (AvgIpc) is 2.20. The van der Waals surface area contributed by atoms with Gasteiger partial charge in [-0.25, -0.2) is 4.79 Å². The maximum atomic E-state index is 11.3. The third kappa shape index (κ3) is 2.66. The fraction of sp³-hybridized carbons (Fsp3) is 0.400. The highest BCUT2D eigenvalue weighted by Gasteiger charge is 2.32. The van der Waals surface area contributed by atoms with Gasteiger partial charge in [-0.2, -0.15) is 0 Å². The summed E-state index contributed by atoms with van der Waals surface area (Å²) in [5.74, 6) is -0.766. The van der Waals surface area contributed by atoms with E-state index in [9.17, 15) is 14.7 Å². The molecule has 0 spiro atoms. The number of aliphatic hydroxyl groups is 1. The zero-order valence-corrected chi connectivity index (χ0v) is 8.64. The van der Waals surface area contributed by atoms with Gasteiger partial charge in [0.2, 0.25) is 0 Å². The van der Waals surface area contributed by atoms with Gasteiger partial charge in [0.25, 0.3) is 5.56 Å². The molecule has 0 amide bonds. The van der Waals surface area contributed by atoms with Crippen LogP contribution in [0.25, 0.3) is 0 Å². The maximum Gasteiger partial charge on any atom is 0.339 e. The van der Waals surface area contributed by atoms with Crippen LogP contribution in [-0.4, -0.2) is 28.4 Å². The quantitative estimate of drug-likeness (QED) is 0.701. The Morgan fingerprint density at radius 2 is 2.27 bits per heavy atom. The van der Waals surface area contributed by atoms with Gasteiger partial charge in [0.05, 0.1) is 13.7 Å². The number of hydrogen-bond acceptors (Lipinski definition) is 4. The Morgan fingerprint density at radius 1 is 1.60 bits per heavy atom. The molecule has 1 aromatic rings. The third-order valence-corrected chi connectivity index (χ3v) is 2.00. The first-order chi connectivity index (χ1) is 6.97. The van der Waals surface area contributed by atoms with E-state index in [4.69, 9.17) is 0 Å². The molecule has 1 N–H and O–H groups in total. The van der Waals surface area contributed by atoms with Gasteiger partial charge in [-0.3, -0.25) is 4.79 Å². The van der Waals surface area contributed by atoms with Crippen LogP contribution in [0.4, 0.5) is 0 Å². The largest absolute Gasteiger partial charge is 0.467 e. The summed E-state index contributed by atoms with van der Waals surface area (Å²) in [6.45, 7) is 1.18. The normalized spacial score (nSPS) is 14.3. The van der Waals surface area contributed by atoms with Crippen molar-refractivity contribution in [3.63, 3.8) is 0 Å². The minimum Gasteiger partial charge on any atom is -0.467 e. The van der Waals surface area contributed by atoms with Gasteiger partial charge in [0.1, 0.15) is 0 Å². The van der Waals surface area contributed by atoms with Crippen LogP contribution in [-0.2, 0) is 16.1 Å². The number of aromatic nitrogens is 1. The van der Waals surface area contributed by atoms with E-state index in [1.165, 1.54) is 30.9 Å². The first-order valence-corrected chi connectivity index (χ1v) is 4.43. The van der Waals surface area contributed by atoms with E-state index in [2.05, 4.69) is 4.74 Å². The highest BCUT2D eigenvalue weighted by Crippen LogP contribution is 2.07. The topological polar surface area (TPSA) is 68.5 Å². The van der Waals surface area contributed by atoms with Crippen molar-refractivity contribution in [3.8, 4) is 0 Å². The lowest BCUT2D eigenvalue weighted by Gasteiger charge is -2.20. The monoisotopic (exact) mass is 211 g/mol. The molecular formula is C10H13NO4. The summed E-state index contributed by atoms with van der Waals surface area (Å²) >= 11 is 0. The number of esters is 1. The van der Waals surface area contributed by atoms with Crippen molar-refractivity contribution in [1.29, 1.82) is 0 Å².